The number of rotatable bonds is 6. The van der Waals surface area contributed by atoms with Gasteiger partial charge in [-0.25, -0.2) is 13.4 Å². The second kappa shape index (κ2) is 8.00. The average Bonchev–Trinajstić information content (AvgIpc) is 3.39. The number of hydrogen-bond acceptors (Lipinski definition) is 7. The van der Waals surface area contributed by atoms with Gasteiger partial charge in [0.2, 0.25) is 5.91 Å². The molecular weight excluding hydrogens is 450 g/mol. The lowest BCUT2D eigenvalue weighted by Gasteiger charge is -2.28. The van der Waals surface area contributed by atoms with E-state index in [1.165, 1.54) is 22.2 Å². The Morgan fingerprint density at radius 1 is 1.22 bits per heavy atom. The zero-order valence-corrected chi connectivity index (χ0v) is 19.2. The summed E-state index contributed by atoms with van der Waals surface area (Å²) in [6.45, 7) is -0.134. The molecule has 0 spiro atoms. The van der Waals surface area contributed by atoms with Crippen LogP contribution in [0.3, 0.4) is 0 Å². The van der Waals surface area contributed by atoms with E-state index in [1.54, 1.807) is 12.0 Å². The number of sulfone groups is 1. The van der Waals surface area contributed by atoms with Gasteiger partial charge in [0, 0.05) is 17.0 Å². The summed E-state index contributed by atoms with van der Waals surface area (Å²) < 4.78 is 30.8. The van der Waals surface area contributed by atoms with Crippen molar-refractivity contribution >= 4 is 37.3 Å². The summed E-state index contributed by atoms with van der Waals surface area (Å²) >= 11 is 1.34. The van der Waals surface area contributed by atoms with Gasteiger partial charge in [-0.3, -0.25) is 14.2 Å². The third-order valence-corrected chi connectivity index (χ3v) is 8.93. The number of carbonyl (C=O) groups is 1. The smallest absolute Gasteiger partial charge is 0.271 e. The van der Waals surface area contributed by atoms with Crippen LogP contribution in [0.4, 0.5) is 0 Å². The van der Waals surface area contributed by atoms with E-state index < -0.39 is 9.84 Å². The summed E-state index contributed by atoms with van der Waals surface area (Å²) in [6, 6.07) is 9.23. The highest BCUT2D eigenvalue weighted by molar-refractivity contribution is 7.91. The Kier molecular flexibility index (Phi) is 5.29. The van der Waals surface area contributed by atoms with Crippen molar-refractivity contribution in [2.24, 2.45) is 0 Å². The van der Waals surface area contributed by atoms with Gasteiger partial charge in [0.15, 0.2) is 9.84 Å². The molecule has 1 atom stereocenters. The van der Waals surface area contributed by atoms with Crippen LogP contribution < -0.4 is 10.3 Å². The lowest BCUT2D eigenvalue weighted by atomic mass is 10.2. The fourth-order valence-corrected chi connectivity index (χ4v) is 7.01. The van der Waals surface area contributed by atoms with Crippen LogP contribution in [-0.4, -0.2) is 59.5 Å². The van der Waals surface area contributed by atoms with Gasteiger partial charge in [-0.2, -0.15) is 0 Å². The minimum atomic E-state index is -3.10. The lowest BCUT2D eigenvalue weighted by Crippen LogP contribution is -2.45. The minimum Gasteiger partial charge on any atom is -0.497 e. The molecule has 2 fully saturated rings. The fraction of sp³-hybridized carbons (Fsp3) is 0.409. The third-order valence-electron chi connectivity index (χ3n) is 6.01. The van der Waals surface area contributed by atoms with Gasteiger partial charge >= 0.3 is 0 Å². The van der Waals surface area contributed by atoms with Crippen LogP contribution in [0.25, 0.3) is 20.7 Å². The Morgan fingerprint density at radius 2 is 1.97 bits per heavy atom. The number of carbonyl (C=O) groups excluding carboxylic acids is 1. The molecule has 0 radical (unpaired) electrons. The van der Waals surface area contributed by atoms with E-state index in [0.717, 1.165) is 29.0 Å². The molecule has 0 unspecified atom stereocenters. The average molecular weight is 474 g/mol. The first-order valence-electron chi connectivity index (χ1n) is 10.5. The van der Waals surface area contributed by atoms with Crippen molar-refractivity contribution in [2.75, 3.05) is 18.6 Å². The molecular formula is C22H23N3O5S2. The van der Waals surface area contributed by atoms with Crippen molar-refractivity contribution < 1.29 is 17.9 Å². The summed E-state index contributed by atoms with van der Waals surface area (Å²) in [6.07, 6.45) is 3.63. The van der Waals surface area contributed by atoms with Gasteiger partial charge in [0.05, 0.1) is 30.5 Å². The van der Waals surface area contributed by atoms with Crippen LogP contribution in [0.1, 0.15) is 19.3 Å². The number of ether oxygens (including phenoxy) is 1. The van der Waals surface area contributed by atoms with Gasteiger partial charge in [-0.15, -0.1) is 11.3 Å². The van der Waals surface area contributed by atoms with Crippen LogP contribution >= 0.6 is 11.3 Å². The normalized spacial score (nSPS) is 19.8. The first kappa shape index (κ1) is 21.1. The molecule has 1 aliphatic heterocycles. The lowest BCUT2D eigenvalue weighted by molar-refractivity contribution is -0.134. The predicted octanol–water partition coefficient (Wildman–Crippen LogP) is 2.31. The molecule has 1 saturated carbocycles. The minimum absolute atomic E-state index is 0.0115. The molecule has 2 aromatic heterocycles. The zero-order chi connectivity index (χ0) is 22.5. The van der Waals surface area contributed by atoms with Crippen LogP contribution in [-0.2, 0) is 21.2 Å². The predicted molar refractivity (Wildman–Crippen MR) is 123 cm³/mol. The van der Waals surface area contributed by atoms with Gasteiger partial charge in [-0.05, 0) is 55.2 Å². The molecule has 3 heterocycles. The molecule has 3 aromatic rings. The van der Waals surface area contributed by atoms with E-state index in [-0.39, 0.29) is 41.6 Å². The summed E-state index contributed by atoms with van der Waals surface area (Å²) in [5, 5.41) is 0. The highest BCUT2D eigenvalue weighted by Crippen LogP contribution is 2.33. The number of aromatic nitrogens is 2. The van der Waals surface area contributed by atoms with Gasteiger partial charge in [0.25, 0.3) is 5.56 Å². The first-order valence-corrected chi connectivity index (χ1v) is 13.1. The van der Waals surface area contributed by atoms with E-state index in [4.69, 9.17) is 4.74 Å². The van der Waals surface area contributed by atoms with Crippen molar-refractivity contribution in [3.63, 3.8) is 0 Å². The van der Waals surface area contributed by atoms with Crippen LogP contribution in [0.15, 0.2) is 41.5 Å². The van der Waals surface area contributed by atoms with Crippen LogP contribution in [0, 0.1) is 0 Å². The van der Waals surface area contributed by atoms with Crippen LogP contribution in [0.2, 0.25) is 0 Å². The number of hydrogen-bond donors (Lipinski definition) is 0. The highest BCUT2D eigenvalue weighted by Gasteiger charge is 2.42. The van der Waals surface area contributed by atoms with Crippen LogP contribution in [0.5, 0.6) is 5.75 Å². The Morgan fingerprint density at radius 3 is 2.59 bits per heavy atom. The molecule has 1 saturated heterocycles. The quantitative estimate of drug-likeness (QED) is 0.545. The number of fused-ring (bicyclic) bond motifs is 1. The zero-order valence-electron chi connectivity index (χ0n) is 17.6. The molecule has 0 bridgehead atoms. The maximum absolute atomic E-state index is 13.1. The molecule has 1 aromatic carbocycles. The third kappa shape index (κ3) is 4.04. The maximum Gasteiger partial charge on any atom is 0.271 e. The standard InChI is InChI=1S/C22H23N3O5S2/c1-30-17-6-2-14(3-7-17)19-10-18-21(31-19)22(27)24(13-23-18)11-20(26)25(15-4-5-15)16-8-9-32(28,29)12-16/h2-3,6-7,10,13,15-16H,4-5,8-9,11-12H2,1H3/t16-/m1/s1. The van der Waals surface area contributed by atoms with E-state index in [1.807, 2.05) is 30.3 Å². The molecule has 5 rings (SSSR count). The summed E-state index contributed by atoms with van der Waals surface area (Å²) in [7, 11) is -1.49. The first-order chi connectivity index (χ1) is 15.3. The Labute approximate surface area is 189 Å². The van der Waals surface area contributed by atoms with Gasteiger partial charge in [-0.1, -0.05) is 0 Å². The summed E-state index contributed by atoms with van der Waals surface area (Å²) in [4.78, 5) is 33.2. The summed E-state index contributed by atoms with van der Waals surface area (Å²) in [5.74, 6) is 0.664. The molecule has 8 nitrogen and oxygen atoms in total. The van der Waals surface area contributed by atoms with Gasteiger partial charge < -0.3 is 9.64 Å². The highest BCUT2D eigenvalue weighted by atomic mass is 32.2. The summed E-state index contributed by atoms with van der Waals surface area (Å²) in [5.41, 5.74) is 1.29. The second-order valence-electron chi connectivity index (χ2n) is 8.32. The van der Waals surface area contributed by atoms with Crippen molar-refractivity contribution in [1.29, 1.82) is 0 Å². The molecule has 32 heavy (non-hydrogen) atoms. The van der Waals surface area contributed by atoms with E-state index >= 15 is 0 Å². The molecule has 1 amide bonds. The largest absolute Gasteiger partial charge is 0.497 e. The number of nitrogens with zero attached hydrogens (tertiary/aromatic N) is 3. The molecule has 2 aliphatic rings. The monoisotopic (exact) mass is 473 g/mol. The molecule has 1 aliphatic carbocycles. The van der Waals surface area contributed by atoms with E-state index in [9.17, 15) is 18.0 Å². The molecule has 168 valence electrons. The second-order valence-corrected chi connectivity index (χ2v) is 11.6. The van der Waals surface area contributed by atoms with E-state index in [2.05, 4.69) is 4.98 Å². The van der Waals surface area contributed by atoms with Gasteiger partial charge in [0.1, 0.15) is 17.0 Å². The Bertz CT molecular complexity index is 1340. The van der Waals surface area contributed by atoms with E-state index in [0.29, 0.717) is 16.6 Å². The number of methoxy groups -OCH3 is 1. The van der Waals surface area contributed by atoms with Crippen molar-refractivity contribution in [2.45, 2.75) is 37.9 Å². The Balaban J connectivity index is 1.41. The Hall–Kier alpha value is -2.72. The topological polar surface area (TPSA) is 98.6 Å². The SMILES string of the molecule is COc1ccc(-c2cc3ncn(CC(=O)N(C4CC4)[C@@H]4CCS(=O)(=O)C4)c(=O)c3s2)cc1. The van der Waals surface area contributed by atoms with Crippen molar-refractivity contribution in [3.8, 4) is 16.2 Å². The molecule has 10 heteroatoms. The fourth-order valence-electron chi connectivity index (χ4n) is 4.24. The maximum atomic E-state index is 13.1. The van der Waals surface area contributed by atoms with Crippen molar-refractivity contribution in [1.82, 2.24) is 14.5 Å². The molecule has 0 N–H and O–H groups in total. The number of amides is 1. The van der Waals surface area contributed by atoms with Crippen molar-refractivity contribution in [3.05, 3.63) is 47.0 Å². The number of benzene rings is 1. The number of thiophene rings is 1.